The summed E-state index contributed by atoms with van der Waals surface area (Å²) in [5.41, 5.74) is 9.72. The van der Waals surface area contributed by atoms with Gasteiger partial charge in [-0.3, -0.25) is 0 Å². The molecule has 0 aliphatic carbocycles. The molecule has 1 unspecified atom stereocenters. The summed E-state index contributed by atoms with van der Waals surface area (Å²) in [6.07, 6.45) is -11.2. The van der Waals surface area contributed by atoms with Crippen LogP contribution in [-0.4, -0.2) is 12.4 Å². The van der Waals surface area contributed by atoms with Crippen molar-refractivity contribution in [2.24, 2.45) is 0 Å². The molecule has 0 bridgehead atoms. The Balaban J connectivity index is 1.66. The Bertz CT molecular complexity index is 2460. The molecule has 1 atom stereocenters. The lowest BCUT2D eigenvalue weighted by atomic mass is 9.71. The lowest BCUT2D eigenvalue weighted by Gasteiger charge is -2.39. The first kappa shape index (κ1) is 41.5. The van der Waals surface area contributed by atoms with Crippen LogP contribution in [-0.2, 0) is 11.8 Å². The summed E-state index contributed by atoms with van der Waals surface area (Å²) in [5, 5.41) is 0. The molecular formula is C51H50F6. The molecule has 57 heavy (non-hydrogen) atoms. The molecule has 6 aromatic rings. The van der Waals surface area contributed by atoms with Crippen molar-refractivity contribution in [1.29, 1.82) is 0 Å². The minimum atomic E-state index is -5.69. The van der Waals surface area contributed by atoms with Gasteiger partial charge in [-0.1, -0.05) is 103 Å². The lowest BCUT2D eigenvalue weighted by molar-refractivity contribution is -0.288. The summed E-state index contributed by atoms with van der Waals surface area (Å²) in [7, 11) is 0. The van der Waals surface area contributed by atoms with Crippen LogP contribution in [0.15, 0.2) is 103 Å². The number of rotatable bonds is 8. The Morgan fingerprint density at radius 1 is 0.404 bits per heavy atom. The van der Waals surface area contributed by atoms with Crippen LogP contribution in [0.4, 0.5) is 26.3 Å². The topological polar surface area (TPSA) is 0 Å². The number of hydrogen-bond acceptors (Lipinski definition) is 0. The summed E-state index contributed by atoms with van der Waals surface area (Å²) in [6.45, 7) is 19.4. The van der Waals surface area contributed by atoms with Gasteiger partial charge in [0, 0.05) is 5.92 Å². The van der Waals surface area contributed by atoms with Crippen LogP contribution in [0, 0.1) is 69.2 Å². The zero-order valence-electron chi connectivity index (χ0n) is 34.4. The molecule has 6 rings (SSSR count). The zero-order chi connectivity index (χ0) is 41.8. The Kier molecular flexibility index (Phi) is 11.2. The van der Waals surface area contributed by atoms with E-state index in [-0.39, 0.29) is 6.42 Å². The van der Waals surface area contributed by atoms with Gasteiger partial charge in [0.1, 0.15) is 0 Å². The molecule has 0 aliphatic heterocycles. The first-order valence-electron chi connectivity index (χ1n) is 19.3. The van der Waals surface area contributed by atoms with Crippen molar-refractivity contribution in [2.45, 2.75) is 99.3 Å². The molecule has 0 radical (unpaired) electrons. The van der Waals surface area contributed by atoms with Crippen molar-refractivity contribution in [2.75, 3.05) is 0 Å². The molecule has 0 aromatic heterocycles. The van der Waals surface area contributed by atoms with Gasteiger partial charge in [-0.15, -0.1) is 0 Å². The van der Waals surface area contributed by atoms with E-state index in [1.807, 2.05) is 19.1 Å². The van der Waals surface area contributed by atoms with Crippen molar-refractivity contribution in [3.63, 3.8) is 0 Å². The van der Waals surface area contributed by atoms with Crippen molar-refractivity contribution in [3.8, 4) is 22.3 Å². The highest BCUT2D eigenvalue weighted by atomic mass is 19.4. The third-order valence-electron chi connectivity index (χ3n) is 12.5. The highest BCUT2D eigenvalue weighted by Gasteiger charge is 2.72. The molecule has 0 saturated carbocycles. The van der Waals surface area contributed by atoms with Crippen LogP contribution < -0.4 is 0 Å². The summed E-state index contributed by atoms with van der Waals surface area (Å²) in [5.74, 6) is -0.437. The van der Waals surface area contributed by atoms with E-state index < -0.39 is 34.8 Å². The summed E-state index contributed by atoms with van der Waals surface area (Å²) in [4.78, 5) is 0. The maximum Gasteiger partial charge on any atom is 0.411 e. The second-order valence-corrected chi connectivity index (χ2v) is 16.0. The maximum atomic E-state index is 15.5. The van der Waals surface area contributed by atoms with E-state index >= 15 is 26.3 Å². The van der Waals surface area contributed by atoms with Crippen molar-refractivity contribution in [3.05, 3.63) is 187 Å². The number of halogens is 6. The fraction of sp³-hybridized carbons (Fsp3) is 0.294. The predicted molar refractivity (Wildman–Crippen MR) is 222 cm³/mol. The Labute approximate surface area is 333 Å². The quantitative estimate of drug-likeness (QED) is 0.135. The molecule has 0 nitrogen and oxygen atoms in total. The largest absolute Gasteiger partial charge is 0.411 e. The lowest BCUT2D eigenvalue weighted by Crippen LogP contribution is -2.54. The molecule has 0 aliphatic rings. The van der Waals surface area contributed by atoms with E-state index in [9.17, 15) is 0 Å². The van der Waals surface area contributed by atoms with Crippen molar-refractivity contribution in [1.82, 2.24) is 0 Å². The van der Waals surface area contributed by atoms with Gasteiger partial charge in [-0.05, 0) is 181 Å². The number of aryl methyl sites for hydroxylation is 8. The van der Waals surface area contributed by atoms with E-state index in [0.29, 0.717) is 22.3 Å². The average molecular weight is 777 g/mol. The second kappa shape index (κ2) is 15.3. The Morgan fingerprint density at radius 3 is 1.51 bits per heavy atom. The summed E-state index contributed by atoms with van der Waals surface area (Å²) < 4.78 is 92.9. The smallest absolute Gasteiger partial charge is 0.169 e. The van der Waals surface area contributed by atoms with Gasteiger partial charge in [0.2, 0.25) is 5.41 Å². The van der Waals surface area contributed by atoms with Gasteiger partial charge in [0.05, 0.1) is 0 Å². The van der Waals surface area contributed by atoms with Gasteiger partial charge in [0.25, 0.3) is 0 Å². The van der Waals surface area contributed by atoms with E-state index in [1.165, 1.54) is 25.1 Å². The van der Waals surface area contributed by atoms with E-state index in [4.69, 9.17) is 0 Å². The van der Waals surface area contributed by atoms with Crippen molar-refractivity contribution < 1.29 is 26.3 Å². The molecule has 6 heteroatoms. The van der Waals surface area contributed by atoms with Crippen molar-refractivity contribution >= 4 is 0 Å². The van der Waals surface area contributed by atoms with Crippen LogP contribution in [0.5, 0.6) is 0 Å². The molecule has 0 heterocycles. The fourth-order valence-corrected chi connectivity index (χ4v) is 8.34. The minimum Gasteiger partial charge on any atom is -0.169 e. The number of alkyl halides is 6. The second-order valence-electron chi connectivity index (χ2n) is 16.0. The fourth-order valence-electron chi connectivity index (χ4n) is 8.34. The third kappa shape index (κ3) is 7.44. The maximum absolute atomic E-state index is 15.5. The minimum absolute atomic E-state index is 0.163. The van der Waals surface area contributed by atoms with Crippen LogP contribution in [0.2, 0.25) is 0 Å². The highest BCUT2D eigenvalue weighted by molar-refractivity contribution is 5.75. The van der Waals surface area contributed by atoms with Gasteiger partial charge in [-0.2, -0.15) is 26.3 Å². The molecule has 6 aromatic carbocycles. The first-order chi connectivity index (χ1) is 26.7. The molecule has 0 spiro atoms. The van der Waals surface area contributed by atoms with Crippen LogP contribution in [0.1, 0.15) is 89.4 Å². The van der Waals surface area contributed by atoms with E-state index in [1.54, 1.807) is 13.8 Å². The van der Waals surface area contributed by atoms with Crippen LogP contribution in [0.3, 0.4) is 0 Å². The van der Waals surface area contributed by atoms with E-state index in [0.717, 1.165) is 90.5 Å². The monoisotopic (exact) mass is 776 g/mol. The Morgan fingerprint density at radius 2 is 0.912 bits per heavy atom. The van der Waals surface area contributed by atoms with Gasteiger partial charge in [-0.25, -0.2) is 0 Å². The molecular weight excluding hydrogens is 727 g/mol. The highest BCUT2D eigenvalue weighted by Crippen LogP contribution is 2.57. The molecule has 0 saturated heterocycles. The number of hydrogen-bond donors (Lipinski definition) is 0. The van der Waals surface area contributed by atoms with Crippen LogP contribution in [0.25, 0.3) is 22.3 Å². The average Bonchev–Trinajstić information content (AvgIpc) is 3.13. The molecule has 0 fully saturated rings. The first-order valence-corrected chi connectivity index (χ1v) is 19.3. The molecule has 0 amide bonds. The molecule has 0 N–H and O–H groups in total. The number of benzene rings is 6. The summed E-state index contributed by atoms with van der Waals surface area (Å²) in [6, 6.07) is 29.9. The van der Waals surface area contributed by atoms with Gasteiger partial charge >= 0.3 is 12.4 Å². The predicted octanol–water partition coefficient (Wildman–Crippen LogP) is 14.9. The van der Waals surface area contributed by atoms with E-state index in [2.05, 4.69) is 96.1 Å². The zero-order valence-corrected chi connectivity index (χ0v) is 34.4. The summed E-state index contributed by atoms with van der Waals surface area (Å²) >= 11 is 0. The Hall–Kier alpha value is -5.10. The third-order valence-corrected chi connectivity index (χ3v) is 12.5. The van der Waals surface area contributed by atoms with Gasteiger partial charge < -0.3 is 0 Å². The SMILES string of the molecule is Cc1ccc(-c2cc(C)c(C)cc2C(Cc2cc(C(c3ccc(C)c(C)c3)(C(F)(F)F)C(F)(F)F)ccc2C)c2cccc(-c3cccc(C)c3C)c2C)cc1C. The van der Waals surface area contributed by atoms with Crippen LogP contribution >= 0.6 is 0 Å². The standard InChI is InChI=1S/C51H50F6/c1-29-17-20-39(23-33(29)5)46-25-35(7)36(8)26-47(46)48(45-16-12-15-44(38(45)10)43-14-11-13-31(3)37(43)9)28-40-27-42(22-19-32(40)4)49(50(52,53)54,51(55,56)57)41-21-18-30(2)34(6)24-41/h11-27,48H,28H2,1-10H3. The normalized spacial score (nSPS) is 12.9. The molecule has 296 valence electrons. The van der Waals surface area contributed by atoms with Gasteiger partial charge in [0.15, 0.2) is 0 Å².